The average molecular weight is 476 g/mol. The van der Waals surface area contributed by atoms with E-state index in [0.717, 1.165) is 51.4 Å². The first kappa shape index (κ1) is 25.0. The van der Waals surface area contributed by atoms with E-state index in [-0.39, 0.29) is 36.0 Å². The number of halogens is 1. The van der Waals surface area contributed by atoms with Gasteiger partial charge in [0.2, 0.25) is 0 Å². The molecule has 0 amide bonds. The van der Waals surface area contributed by atoms with Crippen LogP contribution in [-0.2, 0) is 0 Å². The Morgan fingerprint density at radius 1 is 1.12 bits per heavy atom. The van der Waals surface area contributed by atoms with E-state index in [0.29, 0.717) is 0 Å². The molecular formula is C20H37IN4O. The normalized spacial score (nSPS) is 11.7. The molecule has 0 heterocycles. The van der Waals surface area contributed by atoms with Crippen molar-refractivity contribution in [2.75, 3.05) is 44.7 Å². The molecule has 0 spiro atoms. The molecule has 0 aliphatic carbocycles. The molecule has 0 saturated heterocycles. The van der Waals surface area contributed by atoms with E-state index in [1.54, 1.807) is 0 Å². The Balaban J connectivity index is 0.00000625. The van der Waals surface area contributed by atoms with Gasteiger partial charge in [-0.25, -0.2) is 0 Å². The van der Waals surface area contributed by atoms with Crippen molar-refractivity contribution >= 4 is 35.6 Å². The third-order valence-electron chi connectivity index (χ3n) is 5.00. The molecule has 5 nitrogen and oxygen atoms in total. The van der Waals surface area contributed by atoms with E-state index in [1.807, 2.05) is 6.07 Å². The molecule has 0 fully saturated rings. The molecule has 3 N–H and O–H groups in total. The number of anilines is 1. The van der Waals surface area contributed by atoms with E-state index in [4.69, 9.17) is 4.99 Å². The molecule has 0 aliphatic heterocycles. The highest BCUT2D eigenvalue weighted by molar-refractivity contribution is 14.0. The van der Waals surface area contributed by atoms with Crippen molar-refractivity contribution in [1.82, 2.24) is 10.6 Å². The van der Waals surface area contributed by atoms with Crippen LogP contribution < -0.4 is 15.5 Å². The lowest BCUT2D eigenvalue weighted by Gasteiger charge is -2.29. The minimum Gasteiger partial charge on any atom is -0.396 e. The van der Waals surface area contributed by atoms with Gasteiger partial charge in [-0.05, 0) is 43.7 Å². The van der Waals surface area contributed by atoms with Crippen LogP contribution >= 0.6 is 24.0 Å². The third kappa shape index (κ3) is 8.58. The van der Waals surface area contributed by atoms with Crippen LogP contribution in [0, 0.1) is 5.41 Å². The summed E-state index contributed by atoms with van der Waals surface area (Å²) in [6, 6.07) is 10.4. The maximum atomic E-state index is 9.36. The first-order valence-electron chi connectivity index (χ1n) is 9.50. The van der Waals surface area contributed by atoms with Crippen LogP contribution in [0.15, 0.2) is 35.3 Å². The second-order valence-corrected chi connectivity index (χ2v) is 6.56. The van der Waals surface area contributed by atoms with Gasteiger partial charge >= 0.3 is 0 Å². The Morgan fingerprint density at radius 3 is 2.31 bits per heavy atom. The van der Waals surface area contributed by atoms with Gasteiger partial charge in [-0.15, -0.1) is 24.0 Å². The highest BCUT2D eigenvalue weighted by Gasteiger charge is 2.25. The van der Waals surface area contributed by atoms with Gasteiger partial charge in [0.1, 0.15) is 0 Å². The Labute approximate surface area is 176 Å². The molecule has 26 heavy (non-hydrogen) atoms. The van der Waals surface area contributed by atoms with Crippen LogP contribution in [0.25, 0.3) is 0 Å². The molecule has 0 aromatic heterocycles. The van der Waals surface area contributed by atoms with Crippen LogP contribution in [0.1, 0.15) is 40.0 Å². The van der Waals surface area contributed by atoms with Crippen molar-refractivity contribution < 1.29 is 5.11 Å². The number of benzene rings is 1. The zero-order valence-corrected chi connectivity index (χ0v) is 19.1. The quantitative estimate of drug-likeness (QED) is 0.260. The molecule has 1 aromatic carbocycles. The summed E-state index contributed by atoms with van der Waals surface area (Å²) < 4.78 is 0. The van der Waals surface area contributed by atoms with Crippen molar-refractivity contribution in [1.29, 1.82) is 0 Å². The Kier molecular flexibility index (Phi) is 13.5. The summed E-state index contributed by atoms with van der Waals surface area (Å²) in [5.74, 6) is 0.855. The fourth-order valence-electron chi connectivity index (χ4n) is 2.89. The average Bonchev–Trinajstić information content (AvgIpc) is 2.65. The van der Waals surface area contributed by atoms with Crippen molar-refractivity contribution in [2.24, 2.45) is 10.4 Å². The molecule has 0 bridgehead atoms. The van der Waals surface area contributed by atoms with Gasteiger partial charge in [0, 0.05) is 45.5 Å². The van der Waals surface area contributed by atoms with Gasteiger partial charge in [-0.2, -0.15) is 0 Å². The van der Waals surface area contributed by atoms with E-state index in [9.17, 15) is 5.11 Å². The van der Waals surface area contributed by atoms with Crippen LogP contribution in [0.5, 0.6) is 0 Å². The van der Waals surface area contributed by atoms with Gasteiger partial charge < -0.3 is 20.6 Å². The van der Waals surface area contributed by atoms with Gasteiger partial charge in [-0.1, -0.05) is 32.0 Å². The number of nitrogens with zero attached hydrogens (tertiary/aromatic N) is 2. The van der Waals surface area contributed by atoms with E-state index in [2.05, 4.69) is 67.6 Å². The number of aliphatic imine (C=N–C) groups is 1. The van der Waals surface area contributed by atoms with Crippen molar-refractivity contribution in [2.45, 2.75) is 40.0 Å². The second-order valence-electron chi connectivity index (χ2n) is 6.56. The smallest absolute Gasteiger partial charge is 0.191 e. The molecule has 0 atom stereocenters. The van der Waals surface area contributed by atoms with Crippen molar-refractivity contribution in [3.05, 3.63) is 30.3 Å². The second kappa shape index (κ2) is 14.1. The third-order valence-corrected chi connectivity index (χ3v) is 5.00. The number of guanidine groups is 1. The summed E-state index contributed by atoms with van der Waals surface area (Å²) in [6.07, 6.45) is 2.87. The lowest BCUT2D eigenvalue weighted by atomic mass is 9.79. The standard InChI is InChI=1S/C20H36N4O.HI/c1-5-20(6-2,13-16-25)17-23-19(21-7-3)22-14-15-24(4)18-11-9-8-10-12-18;/h8-12,25H,5-7,13-17H2,1-4H3,(H2,21,22,23);1H. The Morgan fingerprint density at radius 2 is 1.77 bits per heavy atom. The Bertz CT molecular complexity index is 492. The molecule has 150 valence electrons. The first-order chi connectivity index (χ1) is 12.1. The van der Waals surface area contributed by atoms with E-state index in [1.165, 1.54) is 5.69 Å². The fourth-order valence-corrected chi connectivity index (χ4v) is 2.89. The van der Waals surface area contributed by atoms with Gasteiger partial charge in [0.05, 0.1) is 0 Å². The van der Waals surface area contributed by atoms with Gasteiger partial charge in [0.25, 0.3) is 0 Å². The molecule has 6 heteroatoms. The topological polar surface area (TPSA) is 59.9 Å². The fraction of sp³-hybridized carbons (Fsp3) is 0.650. The van der Waals surface area contributed by atoms with E-state index >= 15 is 0 Å². The van der Waals surface area contributed by atoms with Crippen LogP contribution in [0.3, 0.4) is 0 Å². The lowest BCUT2D eigenvalue weighted by Crippen LogP contribution is -2.41. The summed E-state index contributed by atoms with van der Waals surface area (Å²) in [5, 5.41) is 16.1. The number of hydrogen-bond donors (Lipinski definition) is 3. The predicted octanol–water partition coefficient (Wildman–Crippen LogP) is 3.48. The maximum Gasteiger partial charge on any atom is 0.191 e. The van der Waals surface area contributed by atoms with E-state index < -0.39 is 0 Å². The number of rotatable bonds is 11. The highest BCUT2D eigenvalue weighted by atomic mass is 127. The monoisotopic (exact) mass is 476 g/mol. The van der Waals surface area contributed by atoms with Crippen molar-refractivity contribution in [3.8, 4) is 0 Å². The number of para-hydroxylation sites is 1. The summed E-state index contributed by atoms with van der Waals surface area (Å²) in [7, 11) is 2.10. The Hall–Kier alpha value is -1.02. The first-order valence-corrected chi connectivity index (χ1v) is 9.50. The lowest BCUT2D eigenvalue weighted by molar-refractivity contribution is 0.175. The predicted molar refractivity (Wildman–Crippen MR) is 124 cm³/mol. The molecule has 0 unspecified atom stereocenters. The van der Waals surface area contributed by atoms with Crippen molar-refractivity contribution in [3.63, 3.8) is 0 Å². The number of likely N-dealkylation sites (N-methyl/N-ethyl adjacent to an activating group) is 1. The summed E-state index contributed by atoms with van der Waals surface area (Å²) in [4.78, 5) is 7.01. The summed E-state index contributed by atoms with van der Waals surface area (Å²) in [5.41, 5.74) is 1.31. The molecule has 0 saturated carbocycles. The number of nitrogens with one attached hydrogen (secondary N) is 2. The van der Waals surface area contributed by atoms with Gasteiger partial charge in [-0.3, -0.25) is 4.99 Å². The minimum atomic E-state index is 0. The summed E-state index contributed by atoms with van der Waals surface area (Å²) in [6.45, 7) is 9.97. The highest BCUT2D eigenvalue weighted by Crippen LogP contribution is 2.30. The maximum absolute atomic E-state index is 9.36. The van der Waals surface area contributed by atoms with Crippen LogP contribution in [0.2, 0.25) is 0 Å². The molecular weight excluding hydrogens is 439 g/mol. The minimum absolute atomic E-state index is 0. The molecule has 1 rings (SSSR count). The van der Waals surface area contributed by atoms with Crippen LogP contribution in [-0.4, -0.2) is 50.9 Å². The number of aliphatic hydroxyl groups is 1. The molecule has 0 radical (unpaired) electrons. The van der Waals surface area contributed by atoms with Crippen LogP contribution in [0.4, 0.5) is 5.69 Å². The largest absolute Gasteiger partial charge is 0.396 e. The number of hydrogen-bond acceptors (Lipinski definition) is 3. The SMILES string of the molecule is CCNC(=NCC(CC)(CC)CCO)NCCN(C)c1ccccc1.I. The summed E-state index contributed by atoms with van der Waals surface area (Å²) >= 11 is 0. The number of aliphatic hydroxyl groups excluding tert-OH is 1. The molecule has 1 aromatic rings. The molecule has 0 aliphatic rings. The van der Waals surface area contributed by atoms with Gasteiger partial charge in [0.15, 0.2) is 5.96 Å². The zero-order valence-electron chi connectivity index (χ0n) is 16.8. The zero-order chi connectivity index (χ0) is 18.5.